The summed E-state index contributed by atoms with van der Waals surface area (Å²) in [5.41, 5.74) is 4.80. The molecule has 0 bridgehead atoms. The highest BCUT2D eigenvalue weighted by molar-refractivity contribution is 8.69. The number of unbranched alkanes of at least 4 members (excludes halogenated alkanes) is 1. The predicted octanol–water partition coefficient (Wildman–Crippen LogP) is 1.45. The van der Waals surface area contributed by atoms with Crippen LogP contribution in [0.1, 0.15) is 33.1 Å². The Kier molecular flexibility index (Phi) is 4.01. The predicted molar refractivity (Wildman–Crippen MR) is 61.2 cm³/mol. The first-order valence-corrected chi connectivity index (χ1v) is 7.57. The highest BCUT2D eigenvalue weighted by atomic mass is 33.1. The van der Waals surface area contributed by atoms with Crippen LogP contribution in [0.4, 0.5) is 0 Å². The number of primary amides is 1. The fourth-order valence-electron chi connectivity index (χ4n) is 1.59. The van der Waals surface area contributed by atoms with Crippen LogP contribution in [0.15, 0.2) is 0 Å². The van der Waals surface area contributed by atoms with Crippen LogP contribution < -0.4 is 5.73 Å². The molecule has 1 rings (SSSR count). The van der Waals surface area contributed by atoms with Crippen LogP contribution >= 0.6 is 10.8 Å². The first-order chi connectivity index (χ1) is 6.50. The fraction of sp³-hybridized carbons (Fsp3) is 0.889. The lowest BCUT2D eigenvalue weighted by Crippen LogP contribution is -2.42. The third kappa shape index (κ3) is 2.31. The van der Waals surface area contributed by atoms with Gasteiger partial charge in [0, 0.05) is 11.0 Å². The average molecular weight is 235 g/mol. The van der Waals surface area contributed by atoms with Gasteiger partial charge in [0.1, 0.15) is 0 Å². The lowest BCUT2D eigenvalue weighted by molar-refractivity contribution is -0.125. The maximum absolute atomic E-state index is 11.4. The van der Waals surface area contributed by atoms with E-state index in [0.717, 1.165) is 19.3 Å². The zero-order valence-corrected chi connectivity index (χ0v) is 10.2. The van der Waals surface area contributed by atoms with Crippen molar-refractivity contribution in [1.82, 2.24) is 0 Å². The molecule has 14 heavy (non-hydrogen) atoms. The summed E-state index contributed by atoms with van der Waals surface area (Å²) in [6.07, 6.45) is 3.10. The van der Waals surface area contributed by atoms with Crippen LogP contribution in [0.25, 0.3) is 0 Å². The number of nitrogens with two attached hydrogens (primary N) is 1. The van der Waals surface area contributed by atoms with Crippen LogP contribution in [0.3, 0.4) is 0 Å². The Morgan fingerprint density at radius 1 is 1.71 bits per heavy atom. The van der Waals surface area contributed by atoms with Crippen molar-refractivity contribution >= 4 is 26.5 Å². The summed E-state index contributed by atoms with van der Waals surface area (Å²) >= 11 is 0. The van der Waals surface area contributed by atoms with E-state index in [1.54, 1.807) is 0 Å². The van der Waals surface area contributed by atoms with Crippen LogP contribution in [-0.2, 0) is 14.6 Å². The normalized spacial score (nSPS) is 37.3. The van der Waals surface area contributed by atoms with E-state index in [0.29, 0.717) is 5.75 Å². The largest absolute Gasteiger partial charge is 0.369 e. The average Bonchev–Trinajstić information content (AvgIpc) is 2.39. The summed E-state index contributed by atoms with van der Waals surface area (Å²) < 4.78 is 11.4. The smallest absolute Gasteiger partial charge is 0.225 e. The summed E-state index contributed by atoms with van der Waals surface area (Å²) in [7, 11) is 0.482. The van der Waals surface area contributed by atoms with E-state index in [-0.39, 0.29) is 11.2 Å². The summed E-state index contributed by atoms with van der Waals surface area (Å²) in [5.74, 6) is 0.110. The molecule has 5 heteroatoms. The summed E-state index contributed by atoms with van der Waals surface area (Å²) in [5, 5.41) is 0.140. The molecule has 0 saturated carbocycles. The molecule has 1 aliphatic heterocycles. The van der Waals surface area contributed by atoms with Gasteiger partial charge in [-0.25, -0.2) is 4.21 Å². The molecule has 1 heterocycles. The molecule has 0 aliphatic carbocycles. The Morgan fingerprint density at radius 3 is 2.86 bits per heavy atom. The van der Waals surface area contributed by atoms with Gasteiger partial charge < -0.3 is 5.73 Å². The van der Waals surface area contributed by atoms with Gasteiger partial charge >= 0.3 is 0 Å². The van der Waals surface area contributed by atoms with Crippen molar-refractivity contribution in [2.45, 2.75) is 38.4 Å². The maximum Gasteiger partial charge on any atom is 0.225 e. The van der Waals surface area contributed by atoms with Crippen molar-refractivity contribution in [3.63, 3.8) is 0 Å². The van der Waals surface area contributed by atoms with Crippen LogP contribution in [0, 0.1) is 5.41 Å². The van der Waals surface area contributed by atoms with Gasteiger partial charge in [0.15, 0.2) is 0 Å². The topological polar surface area (TPSA) is 60.2 Å². The Hall–Kier alpha value is -0.0300. The number of carbonyl (C=O) groups excluding carboxylic acids is 1. The van der Waals surface area contributed by atoms with Gasteiger partial charge in [-0.2, -0.15) is 0 Å². The summed E-state index contributed by atoms with van der Waals surface area (Å²) in [4.78, 5) is 11.3. The third-order valence-electron chi connectivity index (χ3n) is 2.73. The second-order valence-electron chi connectivity index (χ2n) is 3.96. The highest BCUT2D eigenvalue weighted by Crippen LogP contribution is 2.44. The van der Waals surface area contributed by atoms with E-state index in [2.05, 4.69) is 6.92 Å². The van der Waals surface area contributed by atoms with Crippen LogP contribution in [0.5, 0.6) is 0 Å². The van der Waals surface area contributed by atoms with Crippen molar-refractivity contribution in [3.05, 3.63) is 0 Å². The van der Waals surface area contributed by atoms with Gasteiger partial charge in [-0.1, -0.05) is 30.6 Å². The quantitative estimate of drug-likeness (QED) is 0.750. The van der Waals surface area contributed by atoms with Crippen LogP contribution in [-0.4, -0.2) is 21.1 Å². The number of amides is 1. The van der Waals surface area contributed by atoms with E-state index in [1.807, 2.05) is 6.92 Å². The van der Waals surface area contributed by atoms with Crippen molar-refractivity contribution in [2.24, 2.45) is 11.1 Å². The maximum atomic E-state index is 11.4. The van der Waals surface area contributed by atoms with Gasteiger partial charge in [-0.3, -0.25) is 4.79 Å². The Morgan fingerprint density at radius 2 is 2.36 bits per heavy atom. The van der Waals surface area contributed by atoms with Crippen molar-refractivity contribution in [2.75, 3.05) is 5.75 Å². The zero-order chi connectivity index (χ0) is 10.8. The van der Waals surface area contributed by atoms with Gasteiger partial charge in [-0.15, -0.1) is 0 Å². The second-order valence-corrected chi connectivity index (χ2v) is 7.31. The molecule has 1 saturated heterocycles. The Balaban J connectivity index is 2.71. The zero-order valence-electron chi connectivity index (χ0n) is 8.62. The van der Waals surface area contributed by atoms with Gasteiger partial charge in [0.25, 0.3) is 0 Å². The molecule has 0 aromatic heterocycles. The molecule has 3 nitrogen and oxygen atoms in total. The van der Waals surface area contributed by atoms with Gasteiger partial charge in [0.05, 0.1) is 15.2 Å². The molecule has 2 N–H and O–H groups in total. The second kappa shape index (κ2) is 4.66. The molecule has 1 fully saturated rings. The number of carbonyl (C=O) groups is 1. The molecule has 1 amide bonds. The van der Waals surface area contributed by atoms with Crippen molar-refractivity contribution < 1.29 is 9.00 Å². The molecule has 0 radical (unpaired) electrons. The number of hydrogen-bond donors (Lipinski definition) is 1. The van der Waals surface area contributed by atoms with E-state index in [9.17, 15) is 9.00 Å². The van der Waals surface area contributed by atoms with Crippen molar-refractivity contribution in [3.8, 4) is 0 Å². The summed E-state index contributed by atoms with van der Waals surface area (Å²) in [6, 6.07) is 0. The lowest BCUT2D eigenvalue weighted by atomic mass is 9.85. The molecule has 0 aromatic rings. The van der Waals surface area contributed by atoms with E-state index < -0.39 is 15.2 Å². The SMILES string of the molecule is CCCCC1SS(=O)CC1(C)C(N)=O. The Labute approximate surface area is 91.1 Å². The Bertz CT molecular complexity index is 257. The number of rotatable bonds is 4. The van der Waals surface area contributed by atoms with E-state index in [1.165, 1.54) is 10.8 Å². The first-order valence-electron chi connectivity index (χ1n) is 4.86. The minimum absolute atomic E-state index is 0.140. The molecule has 3 unspecified atom stereocenters. The fourth-order valence-corrected chi connectivity index (χ4v) is 6.18. The van der Waals surface area contributed by atoms with Crippen molar-refractivity contribution in [1.29, 1.82) is 0 Å². The first kappa shape index (κ1) is 12.0. The van der Waals surface area contributed by atoms with Gasteiger partial charge in [0.2, 0.25) is 5.91 Å². The van der Waals surface area contributed by atoms with Crippen LogP contribution in [0.2, 0.25) is 0 Å². The minimum atomic E-state index is -0.931. The standard InChI is InChI=1S/C9H17NO2S2/c1-3-4-5-7-9(2,8(10)11)6-14(12)13-7/h7H,3-6H2,1-2H3,(H2,10,11). The summed E-state index contributed by atoms with van der Waals surface area (Å²) in [6.45, 7) is 3.95. The molecule has 3 atom stereocenters. The third-order valence-corrected chi connectivity index (χ3v) is 6.47. The monoisotopic (exact) mass is 235 g/mol. The molecule has 0 aromatic carbocycles. The number of hydrogen-bond acceptors (Lipinski definition) is 3. The molecule has 82 valence electrons. The minimum Gasteiger partial charge on any atom is -0.369 e. The van der Waals surface area contributed by atoms with E-state index in [4.69, 9.17) is 5.73 Å². The lowest BCUT2D eigenvalue weighted by Gasteiger charge is -2.25. The molecular weight excluding hydrogens is 218 g/mol. The molecule has 1 aliphatic rings. The van der Waals surface area contributed by atoms with E-state index >= 15 is 0 Å². The molecular formula is C9H17NO2S2. The molecule has 0 spiro atoms. The van der Waals surface area contributed by atoms with Gasteiger partial charge in [-0.05, 0) is 13.3 Å². The highest BCUT2D eigenvalue weighted by Gasteiger charge is 2.47.